The van der Waals surface area contributed by atoms with Crippen molar-refractivity contribution in [2.75, 3.05) is 11.8 Å². The molecule has 0 aliphatic carbocycles. The van der Waals surface area contributed by atoms with E-state index in [1.165, 1.54) is 31.4 Å². The zero-order valence-electron chi connectivity index (χ0n) is 17.7. The highest BCUT2D eigenvalue weighted by Gasteiger charge is 2.19. The second kappa shape index (κ2) is 9.58. The van der Waals surface area contributed by atoms with E-state index in [1.807, 2.05) is 36.5 Å². The van der Waals surface area contributed by atoms with Gasteiger partial charge in [0.05, 0.1) is 28.9 Å². The number of aromatic nitrogens is 2. The number of nitrogens with one attached hydrogen (secondary N) is 1. The van der Waals surface area contributed by atoms with Gasteiger partial charge in [-0.2, -0.15) is 5.10 Å². The average molecular weight is 464 g/mol. The van der Waals surface area contributed by atoms with Crippen molar-refractivity contribution in [1.82, 2.24) is 9.78 Å². The maximum absolute atomic E-state index is 12.8. The summed E-state index contributed by atoms with van der Waals surface area (Å²) in [4.78, 5) is 12.5. The van der Waals surface area contributed by atoms with Crippen molar-refractivity contribution < 1.29 is 22.7 Å². The van der Waals surface area contributed by atoms with Gasteiger partial charge in [-0.25, -0.2) is 17.9 Å². The number of carbonyl (C=O) groups excluding carboxylic acids is 1. The molecule has 0 atom stereocenters. The first-order chi connectivity index (χ1) is 16.0. The maximum Gasteiger partial charge on any atom is 0.338 e. The highest BCUT2D eigenvalue weighted by molar-refractivity contribution is 7.92. The van der Waals surface area contributed by atoms with E-state index in [0.717, 1.165) is 11.3 Å². The van der Waals surface area contributed by atoms with E-state index in [0.29, 0.717) is 11.4 Å². The number of nitrogens with zero attached hydrogens (tertiary/aromatic N) is 2. The number of anilines is 1. The van der Waals surface area contributed by atoms with E-state index >= 15 is 0 Å². The van der Waals surface area contributed by atoms with E-state index in [2.05, 4.69) is 9.82 Å². The lowest BCUT2D eigenvalue weighted by Crippen LogP contribution is -2.14. The van der Waals surface area contributed by atoms with Gasteiger partial charge in [0.1, 0.15) is 12.4 Å². The first-order valence-electron chi connectivity index (χ1n) is 9.98. The third kappa shape index (κ3) is 5.21. The van der Waals surface area contributed by atoms with Crippen molar-refractivity contribution in [3.63, 3.8) is 0 Å². The molecular weight excluding hydrogens is 442 g/mol. The molecule has 4 aromatic rings. The number of hydrogen-bond acceptors (Lipinski definition) is 6. The zero-order chi connectivity index (χ0) is 23.3. The van der Waals surface area contributed by atoms with Gasteiger partial charge in [-0.1, -0.05) is 30.3 Å². The number of sulfonamides is 1. The van der Waals surface area contributed by atoms with Crippen molar-refractivity contribution in [3.8, 4) is 11.4 Å². The lowest BCUT2D eigenvalue weighted by atomic mass is 10.2. The number of ether oxygens (including phenoxy) is 2. The van der Waals surface area contributed by atoms with E-state index in [4.69, 9.17) is 9.47 Å². The van der Waals surface area contributed by atoms with Crippen LogP contribution in [0.5, 0.6) is 5.75 Å². The summed E-state index contributed by atoms with van der Waals surface area (Å²) in [6, 6.07) is 21.6. The summed E-state index contributed by atoms with van der Waals surface area (Å²) in [5.41, 5.74) is 2.11. The summed E-state index contributed by atoms with van der Waals surface area (Å²) in [6.45, 7) is 0.0503. The Morgan fingerprint density at radius 2 is 1.79 bits per heavy atom. The molecule has 0 aliphatic rings. The molecule has 0 bridgehead atoms. The molecular formula is C24H21N3O5S. The number of carbonyl (C=O) groups is 1. The molecule has 168 valence electrons. The van der Waals surface area contributed by atoms with Gasteiger partial charge in [-0.05, 0) is 54.1 Å². The molecule has 33 heavy (non-hydrogen) atoms. The highest BCUT2D eigenvalue weighted by Crippen LogP contribution is 2.26. The fourth-order valence-electron chi connectivity index (χ4n) is 3.12. The number of rotatable bonds is 8. The van der Waals surface area contributed by atoms with Gasteiger partial charge in [0.2, 0.25) is 0 Å². The molecule has 0 saturated carbocycles. The summed E-state index contributed by atoms with van der Waals surface area (Å²) in [5, 5.41) is 4.16. The van der Waals surface area contributed by atoms with Crippen LogP contribution in [-0.2, 0) is 21.4 Å². The van der Waals surface area contributed by atoms with Gasteiger partial charge in [0, 0.05) is 12.4 Å². The summed E-state index contributed by atoms with van der Waals surface area (Å²) < 4.78 is 40.4. The van der Waals surface area contributed by atoms with Crippen LogP contribution in [0.25, 0.3) is 5.69 Å². The second-order valence-electron chi connectivity index (χ2n) is 7.03. The molecule has 0 amide bonds. The number of para-hydroxylation sites is 2. The van der Waals surface area contributed by atoms with Crippen molar-refractivity contribution >= 4 is 21.7 Å². The highest BCUT2D eigenvalue weighted by atomic mass is 32.2. The average Bonchev–Trinajstić information content (AvgIpc) is 3.38. The largest absolute Gasteiger partial charge is 0.495 e. The predicted molar refractivity (Wildman–Crippen MR) is 123 cm³/mol. The zero-order valence-corrected chi connectivity index (χ0v) is 18.5. The molecule has 1 heterocycles. The van der Waals surface area contributed by atoms with Gasteiger partial charge in [-0.15, -0.1) is 0 Å². The molecule has 0 fully saturated rings. The Bertz CT molecular complexity index is 1350. The van der Waals surface area contributed by atoms with Crippen molar-refractivity contribution in [3.05, 3.63) is 102 Å². The van der Waals surface area contributed by atoms with Crippen LogP contribution in [-0.4, -0.2) is 31.3 Å². The Kier molecular flexibility index (Phi) is 6.41. The molecule has 8 nitrogen and oxygen atoms in total. The molecule has 3 aromatic carbocycles. The normalized spacial score (nSPS) is 11.1. The number of esters is 1. The van der Waals surface area contributed by atoms with Crippen LogP contribution < -0.4 is 9.46 Å². The van der Waals surface area contributed by atoms with Crippen LogP contribution >= 0.6 is 0 Å². The summed E-state index contributed by atoms with van der Waals surface area (Å²) in [7, 11) is -2.49. The van der Waals surface area contributed by atoms with Crippen LogP contribution in [0.1, 0.15) is 15.9 Å². The minimum atomic E-state index is -3.94. The van der Waals surface area contributed by atoms with Crippen LogP contribution in [0, 0.1) is 0 Å². The van der Waals surface area contributed by atoms with Gasteiger partial charge in [0.15, 0.2) is 0 Å². The van der Waals surface area contributed by atoms with Gasteiger partial charge >= 0.3 is 5.97 Å². The third-order valence-corrected chi connectivity index (χ3v) is 6.17. The number of hydrogen-bond donors (Lipinski definition) is 1. The molecule has 0 unspecified atom stereocenters. The lowest BCUT2D eigenvalue weighted by molar-refractivity contribution is 0.0472. The smallest absolute Gasteiger partial charge is 0.338 e. The molecule has 9 heteroatoms. The van der Waals surface area contributed by atoms with Gasteiger partial charge < -0.3 is 9.47 Å². The fourth-order valence-corrected chi connectivity index (χ4v) is 4.24. The minimum Gasteiger partial charge on any atom is -0.495 e. The van der Waals surface area contributed by atoms with Crippen LogP contribution in [0.2, 0.25) is 0 Å². The number of methoxy groups -OCH3 is 1. The summed E-state index contributed by atoms with van der Waals surface area (Å²) in [5.74, 6) is -0.240. The molecule has 0 radical (unpaired) electrons. The van der Waals surface area contributed by atoms with Crippen molar-refractivity contribution in [2.24, 2.45) is 0 Å². The van der Waals surface area contributed by atoms with Crippen LogP contribution in [0.15, 0.2) is 96.2 Å². The number of benzene rings is 3. The Hall–Kier alpha value is -4.11. The van der Waals surface area contributed by atoms with E-state index in [-0.39, 0.29) is 17.1 Å². The Balaban J connectivity index is 1.44. The molecule has 0 aliphatic heterocycles. The SMILES string of the molecule is COc1ccccc1NS(=O)(=O)c1cccc(C(=O)OCc2ccc(-n3cccn3)cc2)c1. The molecule has 4 rings (SSSR count). The lowest BCUT2D eigenvalue weighted by Gasteiger charge is -2.12. The van der Waals surface area contributed by atoms with E-state index < -0.39 is 16.0 Å². The van der Waals surface area contributed by atoms with Gasteiger partial charge in [-0.3, -0.25) is 4.72 Å². The minimum absolute atomic E-state index is 0.0503. The first kappa shape index (κ1) is 22.1. The van der Waals surface area contributed by atoms with Gasteiger partial charge in [0.25, 0.3) is 10.0 Å². The monoisotopic (exact) mass is 463 g/mol. The molecule has 0 spiro atoms. The molecule has 1 aromatic heterocycles. The third-order valence-electron chi connectivity index (χ3n) is 4.81. The van der Waals surface area contributed by atoms with Crippen LogP contribution in [0.4, 0.5) is 5.69 Å². The van der Waals surface area contributed by atoms with Crippen molar-refractivity contribution in [2.45, 2.75) is 11.5 Å². The predicted octanol–water partition coefficient (Wildman–Crippen LogP) is 4.04. The fraction of sp³-hybridized carbons (Fsp3) is 0.0833. The summed E-state index contributed by atoms with van der Waals surface area (Å²) in [6.07, 6.45) is 3.52. The topological polar surface area (TPSA) is 99.5 Å². The Labute approximate surface area is 191 Å². The van der Waals surface area contributed by atoms with E-state index in [1.54, 1.807) is 35.1 Å². The van der Waals surface area contributed by atoms with Crippen LogP contribution in [0.3, 0.4) is 0 Å². The van der Waals surface area contributed by atoms with Crippen molar-refractivity contribution in [1.29, 1.82) is 0 Å². The molecule has 1 N–H and O–H groups in total. The van der Waals surface area contributed by atoms with E-state index in [9.17, 15) is 13.2 Å². The maximum atomic E-state index is 12.8. The Morgan fingerprint density at radius 3 is 2.52 bits per heavy atom. The first-order valence-corrected chi connectivity index (χ1v) is 11.5. The summed E-state index contributed by atoms with van der Waals surface area (Å²) >= 11 is 0. The quantitative estimate of drug-likeness (QED) is 0.396. The standard InChI is InChI=1S/C24H21N3O5S/c1-31-23-9-3-2-8-22(23)26-33(29,30)21-7-4-6-19(16-21)24(28)32-17-18-10-12-20(13-11-18)27-15-5-14-25-27/h2-16,26H,17H2,1H3. The second-order valence-corrected chi connectivity index (χ2v) is 8.71. The molecule has 0 saturated heterocycles. The Morgan fingerprint density at radius 1 is 1.00 bits per heavy atom.